The van der Waals surface area contributed by atoms with Crippen LogP contribution in [0.15, 0.2) is 49.1 Å². The number of rotatable bonds is 7. The molecule has 1 aromatic carbocycles. The number of aryl methyl sites for hydroxylation is 2. The number of nitrogens with one attached hydrogen (secondary N) is 2. The summed E-state index contributed by atoms with van der Waals surface area (Å²) in [5.41, 5.74) is 6.02. The van der Waals surface area contributed by atoms with Gasteiger partial charge in [-0.3, -0.25) is 0 Å². The molecule has 0 radical (unpaired) electrons. The maximum absolute atomic E-state index is 4.60. The molecule has 3 heterocycles. The molecule has 0 saturated heterocycles. The van der Waals surface area contributed by atoms with E-state index in [1.54, 1.807) is 18.5 Å². The van der Waals surface area contributed by atoms with Crippen molar-refractivity contribution < 1.29 is 0 Å². The zero-order chi connectivity index (χ0) is 20.2. The number of nitrogens with zero attached hydrogens (tertiary/aromatic N) is 4. The van der Waals surface area contributed by atoms with Crippen LogP contribution in [0.5, 0.6) is 0 Å². The molecule has 0 fully saturated rings. The van der Waals surface area contributed by atoms with Gasteiger partial charge in [0.1, 0.15) is 0 Å². The fourth-order valence-corrected chi connectivity index (χ4v) is 3.73. The van der Waals surface area contributed by atoms with Gasteiger partial charge in [-0.25, -0.2) is 19.9 Å². The summed E-state index contributed by atoms with van der Waals surface area (Å²) in [4.78, 5) is 21.0. The molecule has 4 aromatic rings. The van der Waals surface area contributed by atoms with Gasteiger partial charge in [0.2, 0.25) is 0 Å². The highest BCUT2D eigenvalue weighted by molar-refractivity contribution is 5.86. The van der Waals surface area contributed by atoms with Crippen LogP contribution in [0.1, 0.15) is 42.3 Å². The van der Waals surface area contributed by atoms with E-state index in [0.717, 1.165) is 30.6 Å². The zero-order valence-electron chi connectivity index (χ0n) is 17.1. The van der Waals surface area contributed by atoms with Gasteiger partial charge < -0.3 is 10.3 Å². The molecule has 3 aromatic heterocycles. The summed E-state index contributed by atoms with van der Waals surface area (Å²) in [5.74, 6) is 1.11. The first-order chi connectivity index (χ1) is 14.2. The molecule has 148 valence electrons. The quantitative estimate of drug-likeness (QED) is 0.498. The van der Waals surface area contributed by atoms with Gasteiger partial charge in [0.15, 0.2) is 11.6 Å². The Labute approximate surface area is 170 Å². The van der Waals surface area contributed by atoms with Gasteiger partial charge in [0.25, 0.3) is 0 Å². The number of para-hydroxylation sites is 1. The molecule has 0 saturated carbocycles. The van der Waals surface area contributed by atoms with Crippen LogP contribution in [0.2, 0.25) is 0 Å². The first kappa shape index (κ1) is 19.2. The average molecular weight is 387 g/mol. The van der Waals surface area contributed by atoms with E-state index in [-0.39, 0.29) is 6.04 Å². The molecule has 1 atom stereocenters. The molecular formula is C23H26N6. The minimum absolute atomic E-state index is 0.164. The van der Waals surface area contributed by atoms with Crippen LogP contribution in [0.3, 0.4) is 0 Å². The Bertz CT molecular complexity index is 1100. The van der Waals surface area contributed by atoms with Crippen LogP contribution in [0.4, 0.5) is 0 Å². The van der Waals surface area contributed by atoms with Gasteiger partial charge >= 0.3 is 0 Å². The van der Waals surface area contributed by atoms with Crippen molar-refractivity contribution in [3.05, 3.63) is 71.4 Å². The summed E-state index contributed by atoms with van der Waals surface area (Å²) in [5, 5.41) is 4.93. The van der Waals surface area contributed by atoms with Crippen molar-refractivity contribution in [2.24, 2.45) is 0 Å². The van der Waals surface area contributed by atoms with Crippen molar-refractivity contribution in [3.63, 3.8) is 0 Å². The second-order valence-corrected chi connectivity index (χ2v) is 7.24. The van der Waals surface area contributed by atoms with Crippen LogP contribution in [-0.2, 0) is 12.8 Å². The standard InChI is InChI=1S/C23H26N6/c1-4-17-7-5-8-19-18(13-27-21(17)19)9-12-24-15(2)20-14-28-23(29-16(20)3)22-25-10-6-11-26-22/h5-8,10-11,13-15,24,27H,4,9,12H2,1-3H3. The lowest BCUT2D eigenvalue weighted by Crippen LogP contribution is -2.22. The van der Waals surface area contributed by atoms with E-state index in [0.29, 0.717) is 11.6 Å². The molecule has 1 unspecified atom stereocenters. The Morgan fingerprint density at radius 1 is 1.03 bits per heavy atom. The van der Waals surface area contributed by atoms with Crippen LogP contribution in [-0.4, -0.2) is 31.5 Å². The summed E-state index contributed by atoms with van der Waals surface area (Å²) in [6, 6.07) is 8.49. The summed E-state index contributed by atoms with van der Waals surface area (Å²) in [6.45, 7) is 7.23. The van der Waals surface area contributed by atoms with E-state index in [1.165, 1.54) is 22.0 Å². The van der Waals surface area contributed by atoms with Crippen LogP contribution in [0, 0.1) is 6.92 Å². The smallest absolute Gasteiger partial charge is 0.197 e. The monoisotopic (exact) mass is 386 g/mol. The van der Waals surface area contributed by atoms with Gasteiger partial charge in [0.05, 0.1) is 0 Å². The van der Waals surface area contributed by atoms with E-state index in [9.17, 15) is 0 Å². The topological polar surface area (TPSA) is 79.4 Å². The molecule has 4 rings (SSSR count). The third kappa shape index (κ3) is 4.03. The maximum Gasteiger partial charge on any atom is 0.197 e. The van der Waals surface area contributed by atoms with Gasteiger partial charge in [-0.2, -0.15) is 0 Å². The predicted octanol–water partition coefficient (Wildman–Crippen LogP) is 4.18. The van der Waals surface area contributed by atoms with Crippen molar-refractivity contribution in [3.8, 4) is 11.6 Å². The van der Waals surface area contributed by atoms with Crippen LogP contribution < -0.4 is 5.32 Å². The summed E-state index contributed by atoms with van der Waals surface area (Å²) < 4.78 is 0. The summed E-state index contributed by atoms with van der Waals surface area (Å²) >= 11 is 0. The molecule has 6 heteroatoms. The molecule has 29 heavy (non-hydrogen) atoms. The van der Waals surface area contributed by atoms with Gasteiger partial charge in [0, 0.05) is 53.0 Å². The van der Waals surface area contributed by atoms with E-state index < -0.39 is 0 Å². The van der Waals surface area contributed by atoms with E-state index in [1.807, 2.05) is 13.1 Å². The van der Waals surface area contributed by atoms with Crippen molar-refractivity contribution >= 4 is 10.9 Å². The Balaban J connectivity index is 1.42. The minimum Gasteiger partial charge on any atom is -0.361 e. The first-order valence-corrected chi connectivity index (χ1v) is 10.1. The zero-order valence-corrected chi connectivity index (χ0v) is 17.1. The molecule has 0 aliphatic carbocycles. The fourth-order valence-electron chi connectivity index (χ4n) is 3.73. The molecule has 6 nitrogen and oxygen atoms in total. The maximum atomic E-state index is 4.60. The lowest BCUT2D eigenvalue weighted by molar-refractivity contribution is 0.571. The second kappa shape index (κ2) is 8.49. The number of fused-ring (bicyclic) bond motifs is 1. The molecule has 0 bridgehead atoms. The highest BCUT2D eigenvalue weighted by atomic mass is 15.0. The molecular weight excluding hydrogens is 360 g/mol. The SMILES string of the molecule is CCc1cccc2c(CCNC(C)c3cnc(-c4ncccn4)nc3C)c[nH]c12. The molecule has 0 aliphatic rings. The molecule has 0 amide bonds. The summed E-state index contributed by atoms with van der Waals surface area (Å²) in [6.07, 6.45) is 9.42. The second-order valence-electron chi connectivity index (χ2n) is 7.24. The fraction of sp³-hybridized carbons (Fsp3) is 0.304. The van der Waals surface area contributed by atoms with Gasteiger partial charge in [-0.15, -0.1) is 0 Å². The van der Waals surface area contributed by atoms with Crippen molar-refractivity contribution in [1.82, 2.24) is 30.2 Å². The number of hydrogen-bond donors (Lipinski definition) is 2. The lowest BCUT2D eigenvalue weighted by Gasteiger charge is -2.16. The Morgan fingerprint density at radius 2 is 1.86 bits per heavy atom. The van der Waals surface area contributed by atoms with Crippen LogP contribution in [0.25, 0.3) is 22.6 Å². The Kier molecular flexibility index (Phi) is 5.62. The normalized spacial score (nSPS) is 12.4. The molecule has 0 spiro atoms. The number of H-pyrrole nitrogens is 1. The highest BCUT2D eigenvalue weighted by Crippen LogP contribution is 2.23. The number of aromatic amines is 1. The molecule has 0 aliphatic heterocycles. The van der Waals surface area contributed by atoms with E-state index >= 15 is 0 Å². The predicted molar refractivity (Wildman–Crippen MR) is 116 cm³/mol. The third-order valence-corrected chi connectivity index (χ3v) is 5.36. The number of aromatic nitrogens is 5. The largest absolute Gasteiger partial charge is 0.361 e. The summed E-state index contributed by atoms with van der Waals surface area (Å²) in [7, 11) is 0. The van der Waals surface area contributed by atoms with Crippen molar-refractivity contribution in [2.75, 3.05) is 6.54 Å². The van der Waals surface area contributed by atoms with E-state index in [2.05, 4.69) is 68.5 Å². The first-order valence-electron chi connectivity index (χ1n) is 10.1. The Hall–Kier alpha value is -3.12. The number of hydrogen-bond acceptors (Lipinski definition) is 5. The van der Waals surface area contributed by atoms with Gasteiger partial charge in [-0.1, -0.05) is 25.1 Å². The number of benzene rings is 1. The van der Waals surface area contributed by atoms with Crippen molar-refractivity contribution in [2.45, 2.75) is 39.7 Å². The third-order valence-electron chi connectivity index (χ3n) is 5.36. The van der Waals surface area contributed by atoms with Crippen molar-refractivity contribution in [1.29, 1.82) is 0 Å². The highest BCUT2D eigenvalue weighted by Gasteiger charge is 2.13. The van der Waals surface area contributed by atoms with Crippen LogP contribution >= 0.6 is 0 Å². The Morgan fingerprint density at radius 3 is 2.62 bits per heavy atom. The molecule has 2 N–H and O–H groups in total. The van der Waals surface area contributed by atoms with Gasteiger partial charge in [-0.05, 0) is 50.4 Å². The van der Waals surface area contributed by atoms with E-state index in [4.69, 9.17) is 0 Å². The lowest BCUT2D eigenvalue weighted by atomic mass is 10.0. The average Bonchev–Trinajstić information content (AvgIpc) is 3.17. The minimum atomic E-state index is 0.164.